The van der Waals surface area contributed by atoms with Crippen molar-refractivity contribution in [2.75, 3.05) is 13.1 Å². The molecule has 0 aliphatic carbocycles. The first-order chi connectivity index (χ1) is 17.9. The Kier molecular flexibility index (Phi) is 7.24. The highest BCUT2D eigenvalue weighted by atomic mass is 35.5. The number of hydrogen-bond donors (Lipinski definition) is 1. The molecule has 2 aromatic heterocycles. The van der Waals surface area contributed by atoms with Crippen molar-refractivity contribution >= 4 is 46.2 Å². The van der Waals surface area contributed by atoms with Crippen LogP contribution >= 0.6 is 23.2 Å². The van der Waals surface area contributed by atoms with Gasteiger partial charge in [0, 0.05) is 60.5 Å². The molecular formula is C28H22Cl2FN5O. The van der Waals surface area contributed by atoms with Gasteiger partial charge in [-0.1, -0.05) is 41.4 Å². The first-order valence-electron chi connectivity index (χ1n) is 11.7. The highest BCUT2D eigenvalue weighted by Gasteiger charge is 2.26. The molecule has 1 amide bonds. The van der Waals surface area contributed by atoms with Gasteiger partial charge < -0.3 is 5.32 Å². The molecule has 1 aliphatic rings. The van der Waals surface area contributed by atoms with Gasteiger partial charge in [0.05, 0.1) is 17.1 Å². The molecule has 3 heterocycles. The maximum atomic E-state index is 14.1. The van der Waals surface area contributed by atoms with E-state index in [1.807, 2.05) is 18.2 Å². The summed E-state index contributed by atoms with van der Waals surface area (Å²) in [6.45, 7) is 2.26. The van der Waals surface area contributed by atoms with E-state index in [4.69, 9.17) is 23.2 Å². The van der Waals surface area contributed by atoms with Crippen LogP contribution in [-0.2, 0) is 19.5 Å². The molecule has 0 bridgehead atoms. The number of halogens is 3. The van der Waals surface area contributed by atoms with Crippen LogP contribution in [0, 0.1) is 17.1 Å². The van der Waals surface area contributed by atoms with Crippen LogP contribution in [0.25, 0.3) is 17.0 Å². The van der Waals surface area contributed by atoms with E-state index in [0.717, 1.165) is 34.3 Å². The number of amides is 1. The average Bonchev–Trinajstić information content (AvgIpc) is 3.21. The lowest BCUT2D eigenvalue weighted by molar-refractivity contribution is 0.240. The second-order valence-electron chi connectivity index (χ2n) is 8.80. The first-order valence-corrected chi connectivity index (χ1v) is 12.5. The van der Waals surface area contributed by atoms with Crippen molar-refractivity contribution in [3.63, 3.8) is 0 Å². The van der Waals surface area contributed by atoms with Crippen molar-refractivity contribution in [3.05, 3.63) is 105 Å². The van der Waals surface area contributed by atoms with Gasteiger partial charge in [-0.2, -0.15) is 5.26 Å². The summed E-state index contributed by atoms with van der Waals surface area (Å²) < 4.78 is 15.8. The molecule has 0 saturated heterocycles. The number of aromatic nitrogens is 2. The molecule has 0 fully saturated rings. The number of nitriles is 1. The van der Waals surface area contributed by atoms with Crippen molar-refractivity contribution < 1.29 is 9.18 Å². The SMILES string of the molecule is N#Cc1ccc2c(c1)c1c(n2C(=O)NCc2ccnc(Cl)c2)CCN(CC=Cc2ccc(Cl)cc2F)C1. The van der Waals surface area contributed by atoms with E-state index in [2.05, 4.69) is 21.3 Å². The Balaban J connectivity index is 1.39. The zero-order valence-corrected chi connectivity index (χ0v) is 21.2. The summed E-state index contributed by atoms with van der Waals surface area (Å²) in [7, 11) is 0. The lowest BCUT2D eigenvalue weighted by Crippen LogP contribution is -2.34. The van der Waals surface area contributed by atoms with Gasteiger partial charge in [-0.15, -0.1) is 0 Å². The number of nitrogens with one attached hydrogen (secondary N) is 1. The van der Waals surface area contributed by atoms with Crippen LogP contribution in [0.2, 0.25) is 10.2 Å². The third kappa shape index (κ3) is 5.37. The first kappa shape index (κ1) is 25.0. The fourth-order valence-corrected chi connectivity index (χ4v) is 5.00. The molecule has 0 spiro atoms. The standard InChI is InChI=1S/C28H22Cl2FN5O/c29-21-5-4-20(24(31)14-21)2-1-10-35-11-8-26-23(17-35)22-12-18(15-32)3-6-25(22)36(26)28(37)34-16-19-7-9-33-27(30)13-19/h1-7,9,12-14H,8,10-11,16-17H2,(H,34,37). The molecule has 6 nitrogen and oxygen atoms in total. The van der Waals surface area contributed by atoms with E-state index in [0.29, 0.717) is 47.4 Å². The van der Waals surface area contributed by atoms with Gasteiger partial charge >= 0.3 is 6.03 Å². The fraction of sp³-hybridized carbons (Fsp3) is 0.179. The topological polar surface area (TPSA) is 74.0 Å². The van der Waals surface area contributed by atoms with Crippen molar-refractivity contribution in [3.8, 4) is 6.07 Å². The Morgan fingerprint density at radius 3 is 2.84 bits per heavy atom. The summed E-state index contributed by atoms with van der Waals surface area (Å²) in [5.41, 5.74) is 4.57. The molecule has 5 rings (SSSR count). The monoisotopic (exact) mass is 533 g/mol. The number of rotatable bonds is 5. The van der Waals surface area contributed by atoms with E-state index in [1.165, 1.54) is 6.07 Å². The van der Waals surface area contributed by atoms with E-state index in [1.54, 1.807) is 47.2 Å². The van der Waals surface area contributed by atoms with Crippen LogP contribution in [0.1, 0.15) is 27.9 Å². The Morgan fingerprint density at radius 1 is 1.19 bits per heavy atom. The maximum Gasteiger partial charge on any atom is 0.326 e. The molecule has 2 aromatic carbocycles. The van der Waals surface area contributed by atoms with Crippen LogP contribution in [-0.4, -0.2) is 33.6 Å². The molecule has 186 valence electrons. The molecule has 1 N–H and O–H groups in total. The molecule has 1 aliphatic heterocycles. The van der Waals surface area contributed by atoms with Gasteiger partial charge in [-0.05, 0) is 53.6 Å². The second-order valence-corrected chi connectivity index (χ2v) is 9.63. The summed E-state index contributed by atoms with van der Waals surface area (Å²) in [4.78, 5) is 19.5. The summed E-state index contributed by atoms with van der Waals surface area (Å²) >= 11 is 11.8. The summed E-state index contributed by atoms with van der Waals surface area (Å²) in [5.74, 6) is -0.364. The maximum absolute atomic E-state index is 14.1. The van der Waals surface area contributed by atoms with Gasteiger partial charge in [0.15, 0.2) is 0 Å². The molecule has 0 saturated carbocycles. The number of fused-ring (bicyclic) bond motifs is 3. The summed E-state index contributed by atoms with van der Waals surface area (Å²) in [6.07, 6.45) is 5.93. The van der Waals surface area contributed by atoms with E-state index >= 15 is 0 Å². The Labute approximate surface area is 223 Å². The molecule has 0 radical (unpaired) electrons. The zero-order chi connectivity index (χ0) is 25.9. The second kappa shape index (κ2) is 10.7. The Hall–Kier alpha value is -3.70. The highest BCUT2D eigenvalue weighted by Crippen LogP contribution is 2.32. The lowest BCUT2D eigenvalue weighted by Gasteiger charge is -2.27. The summed E-state index contributed by atoms with van der Waals surface area (Å²) in [5, 5.41) is 14.0. The largest absolute Gasteiger partial charge is 0.333 e. The third-order valence-electron chi connectivity index (χ3n) is 6.42. The smallest absolute Gasteiger partial charge is 0.326 e. The predicted octanol–water partition coefficient (Wildman–Crippen LogP) is 6.18. The van der Waals surface area contributed by atoms with E-state index in [9.17, 15) is 14.4 Å². The number of nitrogens with zero attached hydrogens (tertiary/aromatic N) is 4. The van der Waals surface area contributed by atoms with Crippen molar-refractivity contribution in [2.45, 2.75) is 19.5 Å². The average molecular weight is 534 g/mol. The fourth-order valence-electron chi connectivity index (χ4n) is 4.65. The molecule has 37 heavy (non-hydrogen) atoms. The molecular weight excluding hydrogens is 512 g/mol. The normalized spacial score (nSPS) is 13.6. The lowest BCUT2D eigenvalue weighted by atomic mass is 10.0. The molecule has 4 aromatic rings. The van der Waals surface area contributed by atoms with Crippen LogP contribution in [0.5, 0.6) is 0 Å². The predicted molar refractivity (Wildman–Crippen MR) is 143 cm³/mol. The van der Waals surface area contributed by atoms with Crippen LogP contribution in [0.3, 0.4) is 0 Å². The number of carbonyl (C=O) groups is 1. The van der Waals surface area contributed by atoms with Crippen molar-refractivity contribution in [2.24, 2.45) is 0 Å². The van der Waals surface area contributed by atoms with Gasteiger partial charge in [0.2, 0.25) is 0 Å². The molecule has 0 unspecified atom stereocenters. The number of hydrogen-bond acceptors (Lipinski definition) is 4. The quantitative estimate of drug-likeness (QED) is 0.310. The van der Waals surface area contributed by atoms with E-state index in [-0.39, 0.29) is 11.8 Å². The minimum atomic E-state index is -0.364. The van der Waals surface area contributed by atoms with Gasteiger partial charge in [-0.25, -0.2) is 14.2 Å². The van der Waals surface area contributed by atoms with Gasteiger partial charge in [0.25, 0.3) is 0 Å². The van der Waals surface area contributed by atoms with Crippen LogP contribution in [0.15, 0.2) is 60.8 Å². The Bertz CT molecular complexity index is 1570. The Morgan fingerprint density at radius 2 is 2.05 bits per heavy atom. The molecule has 9 heteroatoms. The zero-order valence-electron chi connectivity index (χ0n) is 19.7. The minimum absolute atomic E-state index is 0.240. The summed E-state index contributed by atoms with van der Waals surface area (Å²) in [6, 6.07) is 15.5. The van der Waals surface area contributed by atoms with Crippen molar-refractivity contribution in [1.29, 1.82) is 5.26 Å². The van der Waals surface area contributed by atoms with Crippen LogP contribution in [0.4, 0.5) is 9.18 Å². The van der Waals surface area contributed by atoms with Gasteiger partial charge in [0.1, 0.15) is 11.0 Å². The molecule has 0 atom stereocenters. The minimum Gasteiger partial charge on any atom is -0.333 e. The van der Waals surface area contributed by atoms with Gasteiger partial charge in [-0.3, -0.25) is 9.47 Å². The number of benzene rings is 2. The number of carbonyl (C=O) groups excluding carboxylic acids is 1. The van der Waals surface area contributed by atoms with Crippen molar-refractivity contribution in [1.82, 2.24) is 19.8 Å². The number of pyridine rings is 1. The van der Waals surface area contributed by atoms with Crippen LogP contribution < -0.4 is 5.32 Å². The third-order valence-corrected chi connectivity index (χ3v) is 6.86. The van der Waals surface area contributed by atoms with E-state index < -0.39 is 0 Å². The highest BCUT2D eigenvalue weighted by molar-refractivity contribution is 6.30.